The summed E-state index contributed by atoms with van der Waals surface area (Å²) >= 11 is 0. The van der Waals surface area contributed by atoms with Gasteiger partial charge in [0, 0.05) is 19.6 Å². The number of likely N-dealkylation sites (tertiary alicyclic amines) is 1. The van der Waals surface area contributed by atoms with Crippen molar-refractivity contribution in [3.63, 3.8) is 0 Å². The fraction of sp³-hybridized carbons (Fsp3) is 0.400. The maximum absolute atomic E-state index is 12.3. The Bertz CT molecular complexity index is 542. The van der Waals surface area contributed by atoms with Crippen LogP contribution in [0.2, 0.25) is 0 Å². The molecule has 0 spiro atoms. The molecule has 0 aromatic heterocycles. The Morgan fingerprint density at radius 2 is 1.92 bits per heavy atom. The fourth-order valence-electron chi connectivity index (χ4n) is 2.23. The van der Waals surface area contributed by atoms with Crippen molar-refractivity contribution in [1.82, 2.24) is 10.2 Å². The van der Waals surface area contributed by atoms with Crippen molar-refractivity contribution >= 4 is 12.8 Å². The van der Waals surface area contributed by atoms with Crippen LogP contribution in [0.3, 0.4) is 0 Å². The average Bonchev–Trinajstić information content (AvgIpc) is 3.02. The molecule has 0 aromatic carbocycles. The number of nitrogens with zero attached hydrogens (tertiary/aromatic N) is 1. The lowest BCUT2D eigenvalue weighted by atomic mass is 10.1. The standard InChI is InChI=1S/C19H28N2O.CH2O/c1-6-9-18-14-21(13-17(18)8-3)19(22)20-12-16(5)11-10-15(4)7-2;1-2/h6-11,16H,1,12-14H2,2-5H3,(H,20,22);1H2/b11-10-,15-7-,17-8-,18-9-;. The zero-order valence-electron chi connectivity index (χ0n) is 15.3. The summed E-state index contributed by atoms with van der Waals surface area (Å²) in [4.78, 5) is 22.1. The molecule has 24 heavy (non-hydrogen) atoms. The fourth-order valence-corrected chi connectivity index (χ4v) is 2.23. The van der Waals surface area contributed by atoms with Gasteiger partial charge in [0.1, 0.15) is 6.79 Å². The molecule has 1 aliphatic heterocycles. The minimum Gasteiger partial charge on any atom is -0.337 e. The zero-order valence-corrected chi connectivity index (χ0v) is 15.3. The molecular weight excluding hydrogens is 300 g/mol. The van der Waals surface area contributed by atoms with Crippen LogP contribution in [-0.4, -0.2) is 37.4 Å². The van der Waals surface area contributed by atoms with E-state index in [-0.39, 0.29) is 6.03 Å². The van der Waals surface area contributed by atoms with Crippen LogP contribution in [0.1, 0.15) is 27.7 Å². The Balaban J connectivity index is 0.00000254. The maximum atomic E-state index is 12.3. The summed E-state index contributed by atoms with van der Waals surface area (Å²) in [5.74, 6) is 0.311. The lowest BCUT2D eigenvalue weighted by Crippen LogP contribution is -2.39. The first-order valence-corrected chi connectivity index (χ1v) is 8.11. The van der Waals surface area contributed by atoms with Crippen molar-refractivity contribution in [1.29, 1.82) is 0 Å². The van der Waals surface area contributed by atoms with Gasteiger partial charge in [-0.3, -0.25) is 0 Å². The number of hydrogen-bond donors (Lipinski definition) is 1. The largest absolute Gasteiger partial charge is 0.337 e. The van der Waals surface area contributed by atoms with Crippen molar-refractivity contribution in [2.45, 2.75) is 27.7 Å². The molecule has 0 aromatic rings. The highest BCUT2D eigenvalue weighted by atomic mass is 16.2. The van der Waals surface area contributed by atoms with Gasteiger partial charge in [0.05, 0.1) is 0 Å². The van der Waals surface area contributed by atoms with Gasteiger partial charge in [-0.05, 0) is 37.8 Å². The Labute approximate surface area is 146 Å². The topological polar surface area (TPSA) is 49.4 Å². The third-order valence-corrected chi connectivity index (χ3v) is 3.81. The molecule has 2 amide bonds. The van der Waals surface area contributed by atoms with Gasteiger partial charge in [-0.2, -0.15) is 0 Å². The third-order valence-electron chi connectivity index (χ3n) is 3.81. The molecule has 0 bridgehead atoms. The highest BCUT2D eigenvalue weighted by Crippen LogP contribution is 2.21. The maximum Gasteiger partial charge on any atom is 0.318 e. The van der Waals surface area contributed by atoms with Gasteiger partial charge in [0.25, 0.3) is 0 Å². The van der Waals surface area contributed by atoms with Gasteiger partial charge in [0.2, 0.25) is 0 Å². The number of carbonyl (C=O) groups excluding carboxylic acids is 2. The van der Waals surface area contributed by atoms with Crippen molar-refractivity contribution < 1.29 is 9.59 Å². The number of carbonyl (C=O) groups is 2. The minimum absolute atomic E-state index is 0.00480. The minimum atomic E-state index is -0.00480. The number of hydrogen-bond acceptors (Lipinski definition) is 2. The summed E-state index contributed by atoms with van der Waals surface area (Å²) in [6.45, 7) is 15.9. The quantitative estimate of drug-likeness (QED) is 0.773. The van der Waals surface area contributed by atoms with E-state index in [1.165, 1.54) is 16.7 Å². The summed E-state index contributed by atoms with van der Waals surface area (Å²) in [6.07, 6.45) is 12.1. The number of urea groups is 1. The third kappa shape index (κ3) is 7.27. The molecule has 0 aliphatic carbocycles. The summed E-state index contributed by atoms with van der Waals surface area (Å²) in [7, 11) is 0. The zero-order chi connectivity index (χ0) is 18.5. The first-order chi connectivity index (χ1) is 11.5. The summed E-state index contributed by atoms with van der Waals surface area (Å²) in [6, 6.07) is -0.00480. The lowest BCUT2D eigenvalue weighted by molar-refractivity contribution is -0.0979. The predicted octanol–water partition coefficient (Wildman–Crippen LogP) is 4.04. The van der Waals surface area contributed by atoms with Crippen molar-refractivity contribution in [3.8, 4) is 0 Å². The number of nitrogens with one attached hydrogen (secondary N) is 1. The van der Waals surface area contributed by atoms with E-state index in [0.29, 0.717) is 25.6 Å². The molecule has 1 heterocycles. The molecule has 1 fully saturated rings. The second kappa shape index (κ2) is 12.1. The van der Waals surface area contributed by atoms with Gasteiger partial charge in [-0.1, -0.05) is 55.5 Å². The lowest BCUT2D eigenvalue weighted by Gasteiger charge is -2.17. The van der Waals surface area contributed by atoms with Crippen LogP contribution in [0.25, 0.3) is 0 Å². The average molecular weight is 330 g/mol. The number of allylic oxidation sites excluding steroid dienone is 6. The van der Waals surface area contributed by atoms with Crippen LogP contribution in [0.15, 0.2) is 59.8 Å². The monoisotopic (exact) mass is 330 g/mol. The Hall–Kier alpha value is -2.36. The van der Waals surface area contributed by atoms with Crippen LogP contribution in [0.5, 0.6) is 0 Å². The van der Waals surface area contributed by atoms with Gasteiger partial charge < -0.3 is 15.0 Å². The molecular formula is C20H30N2O2. The van der Waals surface area contributed by atoms with E-state index in [0.717, 1.165) is 0 Å². The highest BCUT2D eigenvalue weighted by Gasteiger charge is 2.24. The molecule has 1 aliphatic rings. The molecule has 132 valence electrons. The molecule has 1 atom stereocenters. The molecule has 4 nitrogen and oxygen atoms in total. The van der Waals surface area contributed by atoms with Gasteiger partial charge >= 0.3 is 6.03 Å². The first kappa shape index (κ1) is 21.6. The first-order valence-electron chi connectivity index (χ1n) is 8.11. The summed E-state index contributed by atoms with van der Waals surface area (Å²) in [5, 5.41) is 3.01. The molecule has 1 saturated heterocycles. The summed E-state index contributed by atoms with van der Waals surface area (Å²) in [5.41, 5.74) is 3.60. The highest BCUT2D eigenvalue weighted by molar-refractivity contribution is 5.76. The SMILES string of the molecule is C=C/C=C1/CN(C(=O)NCC(C)/C=C\C(C)=C/C)C/C1=C/C.C=O. The molecule has 4 heteroatoms. The van der Waals surface area contributed by atoms with E-state index in [1.807, 2.05) is 31.6 Å². The van der Waals surface area contributed by atoms with Crippen LogP contribution < -0.4 is 5.32 Å². The van der Waals surface area contributed by atoms with Crippen LogP contribution in [0.4, 0.5) is 4.79 Å². The van der Waals surface area contributed by atoms with E-state index >= 15 is 0 Å². The molecule has 0 saturated carbocycles. The second-order valence-corrected chi connectivity index (χ2v) is 5.65. The van der Waals surface area contributed by atoms with Crippen LogP contribution in [0, 0.1) is 5.92 Å². The van der Waals surface area contributed by atoms with Crippen molar-refractivity contribution in [2.75, 3.05) is 19.6 Å². The van der Waals surface area contributed by atoms with E-state index in [4.69, 9.17) is 4.79 Å². The van der Waals surface area contributed by atoms with Gasteiger partial charge in [-0.25, -0.2) is 4.79 Å². The van der Waals surface area contributed by atoms with E-state index in [1.54, 1.807) is 6.08 Å². The molecule has 1 unspecified atom stereocenters. The van der Waals surface area contributed by atoms with Crippen LogP contribution >= 0.6 is 0 Å². The molecule has 0 radical (unpaired) electrons. The number of rotatable bonds is 5. The van der Waals surface area contributed by atoms with Gasteiger partial charge in [0.15, 0.2) is 0 Å². The Morgan fingerprint density at radius 3 is 2.46 bits per heavy atom. The van der Waals surface area contributed by atoms with Gasteiger partial charge in [-0.15, -0.1) is 0 Å². The predicted molar refractivity (Wildman–Crippen MR) is 102 cm³/mol. The van der Waals surface area contributed by atoms with Crippen LogP contribution in [-0.2, 0) is 4.79 Å². The Morgan fingerprint density at radius 1 is 1.29 bits per heavy atom. The van der Waals surface area contributed by atoms with Crippen molar-refractivity contribution in [2.24, 2.45) is 5.92 Å². The Kier molecular flexibility index (Phi) is 10.9. The molecule has 1 N–H and O–H groups in total. The van der Waals surface area contributed by atoms with E-state index < -0.39 is 0 Å². The smallest absolute Gasteiger partial charge is 0.318 e. The second-order valence-electron chi connectivity index (χ2n) is 5.65. The van der Waals surface area contributed by atoms with Crippen molar-refractivity contribution in [3.05, 3.63) is 59.8 Å². The number of amides is 2. The van der Waals surface area contributed by atoms with E-state index in [2.05, 4.69) is 50.0 Å². The summed E-state index contributed by atoms with van der Waals surface area (Å²) < 4.78 is 0. The normalized spacial score (nSPS) is 19.3. The van der Waals surface area contributed by atoms with E-state index in [9.17, 15) is 4.79 Å². The molecule has 1 rings (SSSR count).